The van der Waals surface area contributed by atoms with Gasteiger partial charge in [0.2, 0.25) is 0 Å². The van der Waals surface area contributed by atoms with E-state index >= 15 is 0 Å². The number of amides is 2. The van der Waals surface area contributed by atoms with Crippen molar-refractivity contribution in [2.75, 3.05) is 13.7 Å². The second-order valence-corrected chi connectivity index (χ2v) is 7.48. The molecule has 1 aliphatic heterocycles. The Kier molecular flexibility index (Phi) is 6.63. The number of carboxylic acids is 1. The van der Waals surface area contributed by atoms with Gasteiger partial charge in [-0.3, -0.25) is 19.3 Å². The number of hydrogen-bond acceptors (Lipinski definition) is 6. The SMILES string of the molecule is COc1cc(/C=C2/SC(=O)N(CC(=O)O)C2=O)cc(Cl)c1OCc1ccccc1F. The Hall–Kier alpha value is -3.04. The zero-order valence-electron chi connectivity index (χ0n) is 15.6. The smallest absolute Gasteiger partial charge is 0.323 e. The molecule has 7 nitrogen and oxygen atoms in total. The van der Waals surface area contributed by atoms with Gasteiger partial charge in [-0.25, -0.2) is 4.39 Å². The molecule has 2 amide bonds. The molecular formula is C20H15ClFNO6S. The zero-order valence-corrected chi connectivity index (χ0v) is 17.1. The van der Waals surface area contributed by atoms with Crippen LogP contribution < -0.4 is 9.47 Å². The third kappa shape index (κ3) is 4.74. The molecule has 1 fully saturated rings. The molecular weight excluding hydrogens is 437 g/mol. The fourth-order valence-corrected chi connectivity index (χ4v) is 3.76. The van der Waals surface area contributed by atoms with Crippen molar-refractivity contribution in [3.63, 3.8) is 0 Å². The molecule has 10 heteroatoms. The van der Waals surface area contributed by atoms with Gasteiger partial charge in [0.25, 0.3) is 11.1 Å². The van der Waals surface area contributed by atoms with E-state index in [0.717, 1.165) is 0 Å². The van der Waals surface area contributed by atoms with Crippen molar-refractivity contribution in [1.82, 2.24) is 4.90 Å². The van der Waals surface area contributed by atoms with Crippen LogP contribution in [0.5, 0.6) is 11.5 Å². The van der Waals surface area contributed by atoms with E-state index in [1.54, 1.807) is 18.2 Å². The number of ether oxygens (including phenoxy) is 2. The summed E-state index contributed by atoms with van der Waals surface area (Å²) in [4.78, 5) is 35.7. The van der Waals surface area contributed by atoms with Crippen LogP contribution in [0, 0.1) is 5.82 Å². The van der Waals surface area contributed by atoms with Gasteiger partial charge in [0.15, 0.2) is 11.5 Å². The molecule has 0 spiro atoms. The van der Waals surface area contributed by atoms with E-state index in [1.807, 2.05) is 0 Å². The number of carboxylic acid groups (broad SMARTS) is 1. The minimum Gasteiger partial charge on any atom is -0.493 e. The maximum atomic E-state index is 13.8. The molecule has 0 aliphatic carbocycles. The van der Waals surface area contributed by atoms with E-state index < -0.39 is 29.5 Å². The Labute approximate surface area is 180 Å². The van der Waals surface area contributed by atoms with Crippen molar-refractivity contribution in [3.8, 4) is 11.5 Å². The van der Waals surface area contributed by atoms with Crippen LogP contribution >= 0.6 is 23.4 Å². The molecule has 30 heavy (non-hydrogen) atoms. The van der Waals surface area contributed by atoms with E-state index in [0.29, 0.717) is 27.8 Å². The minimum atomic E-state index is -1.29. The Balaban J connectivity index is 1.84. The molecule has 3 rings (SSSR count). The molecule has 1 saturated heterocycles. The Morgan fingerprint density at radius 3 is 2.70 bits per heavy atom. The molecule has 0 radical (unpaired) electrons. The number of hydrogen-bond donors (Lipinski definition) is 1. The van der Waals surface area contributed by atoms with Crippen LogP contribution in [-0.4, -0.2) is 40.8 Å². The predicted molar refractivity (Wildman–Crippen MR) is 109 cm³/mol. The molecule has 1 heterocycles. The van der Waals surface area contributed by atoms with Gasteiger partial charge in [0.05, 0.1) is 17.0 Å². The summed E-state index contributed by atoms with van der Waals surface area (Å²) in [6, 6.07) is 9.18. The van der Waals surface area contributed by atoms with Crippen molar-refractivity contribution in [3.05, 3.63) is 63.3 Å². The number of methoxy groups -OCH3 is 1. The number of thioether (sulfide) groups is 1. The van der Waals surface area contributed by atoms with Crippen molar-refractivity contribution >= 4 is 46.6 Å². The van der Waals surface area contributed by atoms with Crippen LogP contribution in [0.25, 0.3) is 6.08 Å². The molecule has 0 saturated carbocycles. The lowest BCUT2D eigenvalue weighted by atomic mass is 10.1. The summed E-state index contributed by atoms with van der Waals surface area (Å²) in [7, 11) is 1.39. The molecule has 1 N–H and O–H groups in total. The lowest BCUT2D eigenvalue weighted by Gasteiger charge is -2.14. The first kappa shape index (κ1) is 21.7. The first-order valence-electron chi connectivity index (χ1n) is 8.51. The highest BCUT2D eigenvalue weighted by Gasteiger charge is 2.36. The van der Waals surface area contributed by atoms with Crippen molar-refractivity contribution in [1.29, 1.82) is 0 Å². The molecule has 156 valence electrons. The lowest BCUT2D eigenvalue weighted by Crippen LogP contribution is -2.33. The van der Waals surface area contributed by atoms with Gasteiger partial charge < -0.3 is 14.6 Å². The van der Waals surface area contributed by atoms with Crippen LogP contribution in [0.1, 0.15) is 11.1 Å². The van der Waals surface area contributed by atoms with E-state index in [4.69, 9.17) is 26.2 Å². The quantitative estimate of drug-likeness (QED) is 0.631. The van der Waals surface area contributed by atoms with Crippen LogP contribution in [0.15, 0.2) is 41.3 Å². The second kappa shape index (κ2) is 9.19. The van der Waals surface area contributed by atoms with Crippen LogP contribution in [0.2, 0.25) is 5.02 Å². The number of aliphatic carboxylic acids is 1. The van der Waals surface area contributed by atoms with Gasteiger partial charge >= 0.3 is 5.97 Å². The Morgan fingerprint density at radius 2 is 2.03 bits per heavy atom. The number of halogens is 2. The van der Waals surface area contributed by atoms with E-state index in [1.165, 1.54) is 31.4 Å². The average molecular weight is 452 g/mol. The summed E-state index contributed by atoms with van der Waals surface area (Å²) in [5.74, 6) is -1.98. The predicted octanol–water partition coefficient (Wildman–Crippen LogP) is 4.19. The molecule has 0 aromatic heterocycles. The van der Waals surface area contributed by atoms with E-state index in [9.17, 15) is 18.8 Å². The number of benzene rings is 2. The summed E-state index contributed by atoms with van der Waals surface area (Å²) >= 11 is 6.92. The molecule has 1 aliphatic rings. The summed E-state index contributed by atoms with van der Waals surface area (Å²) in [5, 5.41) is 8.31. The molecule has 0 unspecified atom stereocenters. The number of imide groups is 1. The van der Waals surface area contributed by atoms with Gasteiger partial charge in [-0.15, -0.1) is 0 Å². The van der Waals surface area contributed by atoms with Crippen LogP contribution in [-0.2, 0) is 16.2 Å². The monoisotopic (exact) mass is 451 g/mol. The standard InChI is InChI=1S/C20H15ClFNO6S/c1-28-15-7-11(8-16-19(26)23(9-17(24)25)20(27)30-16)6-13(21)18(15)29-10-12-4-2-3-5-14(12)22/h2-8H,9-10H2,1H3,(H,24,25)/b16-8+. The highest BCUT2D eigenvalue weighted by atomic mass is 35.5. The van der Waals surface area contributed by atoms with Crippen molar-refractivity contribution < 1.29 is 33.4 Å². The molecule has 2 aromatic rings. The molecule has 0 atom stereocenters. The summed E-state index contributed by atoms with van der Waals surface area (Å²) in [6.07, 6.45) is 1.40. The first-order chi connectivity index (χ1) is 14.3. The zero-order chi connectivity index (χ0) is 21.8. The minimum absolute atomic E-state index is 0.0550. The maximum Gasteiger partial charge on any atom is 0.323 e. The number of rotatable bonds is 7. The third-order valence-electron chi connectivity index (χ3n) is 4.05. The Morgan fingerprint density at radius 1 is 1.30 bits per heavy atom. The van der Waals surface area contributed by atoms with Gasteiger partial charge in [-0.1, -0.05) is 29.8 Å². The maximum absolute atomic E-state index is 13.8. The lowest BCUT2D eigenvalue weighted by molar-refractivity contribution is -0.140. The summed E-state index contributed by atoms with van der Waals surface area (Å²) < 4.78 is 24.7. The highest BCUT2D eigenvalue weighted by molar-refractivity contribution is 8.18. The number of carbonyl (C=O) groups is 3. The highest BCUT2D eigenvalue weighted by Crippen LogP contribution is 2.39. The average Bonchev–Trinajstić information content (AvgIpc) is 2.95. The van der Waals surface area contributed by atoms with Crippen molar-refractivity contribution in [2.24, 2.45) is 0 Å². The van der Waals surface area contributed by atoms with Gasteiger partial charge in [0, 0.05) is 5.56 Å². The Bertz CT molecular complexity index is 1060. The molecule has 2 aromatic carbocycles. The van der Waals surface area contributed by atoms with Gasteiger partial charge in [-0.2, -0.15) is 0 Å². The van der Waals surface area contributed by atoms with Crippen LogP contribution in [0.3, 0.4) is 0 Å². The van der Waals surface area contributed by atoms with E-state index in [-0.39, 0.29) is 28.0 Å². The van der Waals surface area contributed by atoms with E-state index in [2.05, 4.69) is 0 Å². The fraction of sp³-hybridized carbons (Fsp3) is 0.150. The topological polar surface area (TPSA) is 93.1 Å². The fourth-order valence-electron chi connectivity index (χ4n) is 2.65. The number of nitrogens with zero attached hydrogens (tertiary/aromatic N) is 1. The summed E-state index contributed by atoms with van der Waals surface area (Å²) in [5.41, 5.74) is 0.780. The number of carbonyl (C=O) groups excluding carboxylic acids is 2. The normalized spacial score (nSPS) is 15.0. The van der Waals surface area contributed by atoms with Gasteiger partial charge in [0.1, 0.15) is 19.0 Å². The summed E-state index contributed by atoms with van der Waals surface area (Å²) in [6.45, 7) is -0.787. The van der Waals surface area contributed by atoms with Gasteiger partial charge in [-0.05, 0) is 41.6 Å². The molecule has 0 bridgehead atoms. The third-order valence-corrected chi connectivity index (χ3v) is 5.23. The largest absolute Gasteiger partial charge is 0.493 e. The second-order valence-electron chi connectivity index (χ2n) is 6.08. The first-order valence-corrected chi connectivity index (χ1v) is 9.70. The van der Waals surface area contributed by atoms with Crippen LogP contribution in [0.4, 0.5) is 9.18 Å². The van der Waals surface area contributed by atoms with Crippen molar-refractivity contribution in [2.45, 2.75) is 6.61 Å².